The molecule has 2 saturated heterocycles. The van der Waals surface area contributed by atoms with E-state index in [1.165, 1.54) is 4.31 Å². The molecule has 2 aliphatic heterocycles. The lowest BCUT2D eigenvalue weighted by Gasteiger charge is -2.26. The average Bonchev–Trinajstić information content (AvgIpc) is 3.48. The monoisotopic (exact) mass is 618 g/mol. The predicted octanol–water partition coefficient (Wildman–Crippen LogP) is 3.80. The molecule has 0 saturated carbocycles. The SMILES string of the molecule is O=C1C(=Cc2cn(-c3ccccc3)nc2-c2cccc(S(=O)(=O)N3CCCCC3)c2)SC(=S)N1CCS(=O)(=O)O. The molecule has 0 spiro atoms. The predicted molar refractivity (Wildman–Crippen MR) is 158 cm³/mol. The third-order valence-electron chi connectivity index (χ3n) is 6.56. The number of amides is 1. The second-order valence-electron chi connectivity index (χ2n) is 9.33. The van der Waals surface area contributed by atoms with E-state index in [0.29, 0.717) is 29.9 Å². The average molecular weight is 619 g/mol. The van der Waals surface area contributed by atoms with Crippen LogP contribution in [0, 0.1) is 0 Å². The van der Waals surface area contributed by atoms with E-state index in [2.05, 4.69) is 0 Å². The van der Waals surface area contributed by atoms with Crippen molar-refractivity contribution in [2.45, 2.75) is 24.2 Å². The van der Waals surface area contributed by atoms with Crippen molar-refractivity contribution in [1.29, 1.82) is 0 Å². The summed E-state index contributed by atoms with van der Waals surface area (Å²) in [6.45, 7) is 0.702. The van der Waals surface area contributed by atoms with Gasteiger partial charge >= 0.3 is 0 Å². The minimum absolute atomic E-state index is 0.170. The van der Waals surface area contributed by atoms with Gasteiger partial charge in [0.1, 0.15) is 10.0 Å². The van der Waals surface area contributed by atoms with Crippen molar-refractivity contribution in [2.24, 2.45) is 0 Å². The molecule has 210 valence electrons. The first kappa shape index (κ1) is 28.6. The van der Waals surface area contributed by atoms with Gasteiger partial charge < -0.3 is 0 Å². The maximum Gasteiger partial charge on any atom is 0.266 e. The maximum atomic E-state index is 13.4. The number of sulfonamides is 1. The highest BCUT2D eigenvalue weighted by Gasteiger charge is 2.33. The molecule has 0 aliphatic carbocycles. The van der Waals surface area contributed by atoms with Gasteiger partial charge in [-0.25, -0.2) is 13.1 Å². The van der Waals surface area contributed by atoms with Crippen LogP contribution in [0.3, 0.4) is 0 Å². The zero-order chi connectivity index (χ0) is 28.5. The fraction of sp³-hybridized carbons (Fsp3) is 0.269. The van der Waals surface area contributed by atoms with Crippen LogP contribution in [-0.2, 0) is 24.9 Å². The minimum Gasteiger partial charge on any atom is -0.292 e. The molecule has 10 nitrogen and oxygen atoms in total. The number of para-hydroxylation sites is 1. The van der Waals surface area contributed by atoms with Gasteiger partial charge in [0.05, 0.1) is 21.2 Å². The summed E-state index contributed by atoms with van der Waals surface area (Å²) in [6, 6.07) is 15.9. The van der Waals surface area contributed by atoms with Crippen LogP contribution in [0.1, 0.15) is 24.8 Å². The summed E-state index contributed by atoms with van der Waals surface area (Å²) < 4.78 is 61.6. The maximum absolute atomic E-state index is 13.4. The quantitative estimate of drug-likeness (QED) is 0.228. The second-order valence-corrected chi connectivity index (χ2v) is 14.5. The molecular weight excluding hydrogens is 593 g/mol. The van der Waals surface area contributed by atoms with E-state index < -0.39 is 31.8 Å². The van der Waals surface area contributed by atoms with Gasteiger partial charge in [-0.05, 0) is 43.2 Å². The summed E-state index contributed by atoms with van der Waals surface area (Å²) in [4.78, 5) is 14.6. The normalized spacial score (nSPS) is 18.1. The number of carbonyl (C=O) groups excluding carboxylic acids is 1. The fourth-order valence-electron chi connectivity index (χ4n) is 4.53. The van der Waals surface area contributed by atoms with Crippen molar-refractivity contribution in [3.8, 4) is 16.9 Å². The molecule has 1 aromatic heterocycles. The summed E-state index contributed by atoms with van der Waals surface area (Å²) in [6.07, 6.45) is 6.01. The number of aromatic nitrogens is 2. The Bertz CT molecular complexity index is 1700. The number of rotatable bonds is 8. The van der Waals surface area contributed by atoms with Crippen LogP contribution in [-0.4, -0.2) is 76.0 Å². The highest BCUT2D eigenvalue weighted by molar-refractivity contribution is 8.26. The third kappa shape index (κ3) is 6.21. The largest absolute Gasteiger partial charge is 0.292 e. The molecular formula is C26H26N4O6S4. The molecule has 1 N–H and O–H groups in total. The summed E-state index contributed by atoms with van der Waals surface area (Å²) in [5, 5.41) is 4.74. The van der Waals surface area contributed by atoms with E-state index in [-0.39, 0.29) is 20.7 Å². The lowest BCUT2D eigenvalue weighted by Crippen LogP contribution is -2.35. The van der Waals surface area contributed by atoms with Crippen LogP contribution in [0.2, 0.25) is 0 Å². The fourth-order valence-corrected chi connectivity index (χ4v) is 7.81. The number of thiocarbonyl (C=S) groups is 1. The lowest BCUT2D eigenvalue weighted by atomic mass is 10.1. The van der Waals surface area contributed by atoms with Gasteiger partial charge in [-0.1, -0.05) is 60.7 Å². The molecule has 3 heterocycles. The van der Waals surface area contributed by atoms with Crippen LogP contribution in [0.5, 0.6) is 0 Å². The van der Waals surface area contributed by atoms with Crippen molar-refractivity contribution in [2.75, 3.05) is 25.4 Å². The molecule has 2 aromatic carbocycles. The number of thioether (sulfide) groups is 1. The van der Waals surface area contributed by atoms with E-state index >= 15 is 0 Å². The first-order valence-electron chi connectivity index (χ1n) is 12.5. The summed E-state index contributed by atoms with van der Waals surface area (Å²) in [5.41, 5.74) is 2.33. The van der Waals surface area contributed by atoms with Crippen LogP contribution >= 0.6 is 24.0 Å². The van der Waals surface area contributed by atoms with E-state index in [4.69, 9.17) is 21.9 Å². The van der Waals surface area contributed by atoms with Gasteiger partial charge in [-0.3, -0.25) is 14.2 Å². The van der Waals surface area contributed by atoms with Crippen molar-refractivity contribution >= 4 is 60.4 Å². The number of hydrogen-bond donors (Lipinski definition) is 1. The molecule has 1 amide bonds. The Morgan fingerprint density at radius 1 is 1.00 bits per heavy atom. The highest BCUT2D eigenvalue weighted by atomic mass is 32.2. The zero-order valence-corrected chi connectivity index (χ0v) is 24.5. The number of benzene rings is 2. The van der Waals surface area contributed by atoms with Crippen molar-refractivity contribution < 1.29 is 26.2 Å². The first-order valence-corrected chi connectivity index (χ1v) is 16.8. The van der Waals surface area contributed by atoms with Gasteiger partial charge in [0.2, 0.25) is 10.0 Å². The Hall–Kier alpha value is -2.88. The minimum atomic E-state index is -4.28. The van der Waals surface area contributed by atoms with Gasteiger partial charge in [-0.2, -0.15) is 17.8 Å². The zero-order valence-electron chi connectivity index (χ0n) is 21.2. The Morgan fingerprint density at radius 3 is 2.42 bits per heavy atom. The molecule has 14 heteroatoms. The number of nitrogens with zero attached hydrogens (tertiary/aromatic N) is 4. The van der Waals surface area contributed by atoms with Crippen LogP contribution in [0.25, 0.3) is 23.0 Å². The standard InChI is InChI=1S/C26H26N4O6S4/c31-25-23(38-26(37)29(25)14-15-39(32,33)34)17-20-18-30(21-9-3-1-4-10-21)27-24(20)19-8-7-11-22(16-19)40(35,36)28-12-5-2-6-13-28/h1,3-4,7-11,16-18H,2,5-6,12-15H2,(H,32,33,34). The molecule has 5 rings (SSSR count). The van der Waals surface area contributed by atoms with Gasteiger partial charge in [0.25, 0.3) is 16.0 Å². The Kier molecular flexibility index (Phi) is 8.27. The Balaban J connectivity index is 1.55. The summed E-state index contributed by atoms with van der Waals surface area (Å²) in [5.74, 6) is -1.12. The number of carbonyl (C=O) groups is 1. The van der Waals surface area contributed by atoms with Gasteiger partial charge in [0.15, 0.2) is 0 Å². The van der Waals surface area contributed by atoms with E-state index in [0.717, 1.165) is 41.6 Å². The highest BCUT2D eigenvalue weighted by Crippen LogP contribution is 2.35. The second kappa shape index (κ2) is 11.5. The van der Waals surface area contributed by atoms with Crippen molar-refractivity contribution in [3.05, 3.63) is 71.3 Å². The van der Waals surface area contributed by atoms with Crippen molar-refractivity contribution in [1.82, 2.24) is 19.0 Å². The molecule has 2 fully saturated rings. The Labute approximate surface area is 242 Å². The molecule has 3 aromatic rings. The molecule has 0 radical (unpaired) electrons. The Morgan fingerprint density at radius 2 is 1.73 bits per heavy atom. The molecule has 0 atom stereocenters. The number of piperidine rings is 1. The molecule has 0 bridgehead atoms. The van der Waals surface area contributed by atoms with Crippen LogP contribution in [0.15, 0.2) is 70.6 Å². The molecule has 0 unspecified atom stereocenters. The van der Waals surface area contributed by atoms with E-state index in [9.17, 15) is 21.6 Å². The first-order chi connectivity index (χ1) is 19.0. The lowest BCUT2D eigenvalue weighted by molar-refractivity contribution is -0.121. The summed E-state index contributed by atoms with van der Waals surface area (Å²) >= 11 is 6.30. The van der Waals surface area contributed by atoms with Crippen LogP contribution in [0.4, 0.5) is 0 Å². The molecule has 2 aliphatic rings. The van der Waals surface area contributed by atoms with E-state index in [1.54, 1.807) is 41.2 Å². The van der Waals surface area contributed by atoms with Crippen LogP contribution < -0.4 is 0 Å². The molecule has 40 heavy (non-hydrogen) atoms. The van der Waals surface area contributed by atoms with Gasteiger partial charge in [0, 0.05) is 37.0 Å². The number of hydrogen-bond acceptors (Lipinski definition) is 8. The van der Waals surface area contributed by atoms with E-state index in [1.807, 2.05) is 30.3 Å². The third-order valence-corrected chi connectivity index (χ3v) is 10.5. The summed E-state index contributed by atoms with van der Waals surface area (Å²) in [7, 11) is -7.96. The smallest absolute Gasteiger partial charge is 0.266 e. The van der Waals surface area contributed by atoms with Gasteiger partial charge in [-0.15, -0.1) is 0 Å². The van der Waals surface area contributed by atoms with Crippen molar-refractivity contribution in [3.63, 3.8) is 0 Å². The topological polar surface area (TPSA) is 130 Å².